The standard InChI is InChI=1S/C58H109O11P/c1-4-7-10-13-16-19-22-25-26-27-28-31-34-37-40-43-46-49-58(62)69-55(51-65-56(60)47-44-41-38-35-32-29-23-20-17-14-11-8-5-2)53-67-70(63,64)66-52-54(50-59)68-57(61)48-45-42-39-36-33-30-24-21-18-15-12-9-6-3/h21,24-26,54-55,59H,4-20,22-23,27-53H2,1-3H3,(H,63,64)/b24-21-,26-25-. The fourth-order valence-electron chi connectivity index (χ4n) is 8.35. The Labute approximate surface area is 429 Å². The molecule has 3 unspecified atom stereocenters. The predicted molar refractivity (Wildman–Crippen MR) is 289 cm³/mol. The molecular formula is C58H109O11P. The molecule has 0 heterocycles. The summed E-state index contributed by atoms with van der Waals surface area (Å²) in [6.45, 7) is 4.65. The third-order valence-corrected chi connectivity index (χ3v) is 13.8. The fraction of sp³-hybridized carbons (Fsp3) is 0.879. The number of aliphatic hydroxyl groups is 1. The number of carbonyl (C=O) groups excluding carboxylic acids is 3. The van der Waals surface area contributed by atoms with Crippen LogP contribution in [-0.2, 0) is 42.2 Å². The average molecular weight is 1010 g/mol. The molecule has 12 heteroatoms. The smallest absolute Gasteiger partial charge is 0.462 e. The third-order valence-electron chi connectivity index (χ3n) is 12.8. The molecule has 2 N–H and O–H groups in total. The number of aliphatic hydroxyl groups excluding tert-OH is 1. The summed E-state index contributed by atoms with van der Waals surface area (Å²) in [6, 6.07) is 0. The average Bonchev–Trinajstić information content (AvgIpc) is 3.35. The van der Waals surface area contributed by atoms with E-state index < -0.39 is 57.8 Å². The molecule has 0 saturated heterocycles. The maximum Gasteiger partial charge on any atom is 0.472 e. The number of phosphoric acid groups is 1. The van der Waals surface area contributed by atoms with Crippen molar-refractivity contribution in [2.75, 3.05) is 26.4 Å². The van der Waals surface area contributed by atoms with Crippen LogP contribution in [0.4, 0.5) is 0 Å². The Bertz CT molecular complexity index is 1270. The second kappa shape index (κ2) is 53.3. The Morgan fingerprint density at radius 3 is 1.00 bits per heavy atom. The van der Waals surface area contributed by atoms with Crippen LogP contribution in [0.5, 0.6) is 0 Å². The van der Waals surface area contributed by atoms with Crippen molar-refractivity contribution in [3.8, 4) is 0 Å². The summed E-state index contributed by atoms with van der Waals surface area (Å²) in [6.07, 6.45) is 52.7. The predicted octanol–water partition coefficient (Wildman–Crippen LogP) is 17.0. The number of ether oxygens (including phenoxy) is 3. The molecule has 0 aromatic heterocycles. The summed E-state index contributed by atoms with van der Waals surface area (Å²) in [5.74, 6) is -1.46. The van der Waals surface area contributed by atoms with Gasteiger partial charge in [0.05, 0.1) is 19.8 Å². The van der Waals surface area contributed by atoms with Crippen LogP contribution in [-0.4, -0.2) is 66.5 Å². The zero-order valence-electron chi connectivity index (χ0n) is 45.5. The highest BCUT2D eigenvalue weighted by atomic mass is 31.2. The first-order valence-corrected chi connectivity index (χ1v) is 30.7. The van der Waals surface area contributed by atoms with Gasteiger partial charge >= 0.3 is 25.7 Å². The van der Waals surface area contributed by atoms with E-state index in [-0.39, 0.29) is 25.9 Å². The normalized spacial score (nSPS) is 13.5. The zero-order chi connectivity index (χ0) is 51.3. The molecule has 70 heavy (non-hydrogen) atoms. The van der Waals surface area contributed by atoms with Gasteiger partial charge in [0.15, 0.2) is 6.10 Å². The summed E-state index contributed by atoms with van der Waals surface area (Å²) in [5, 5.41) is 9.80. The van der Waals surface area contributed by atoms with Gasteiger partial charge in [0.2, 0.25) is 0 Å². The molecule has 0 aromatic carbocycles. The fourth-order valence-corrected chi connectivity index (χ4v) is 9.13. The first kappa shape index (κ1) is 68.0. The van der Waals surface area contributed by atoms with Gasteiger partial charge in [-0.05, 0) is 70.6 Å². The Balaban J connectivity index is 4.70. The number of hydrogen-bond acceptors (Lipinski definition) is 10. The maximum absolute atomic E-state index is 12.9. The summed E-state index contributed by atoms with van der Waals surface area (Å²) in [5.41, 5.74) is 0. The Morgan fingerprint density at radius 2 is 0.657 bits per heavy atom. The van der Waals surface area contributed by atoms with Gasteiger partial charge in [-0.25, -0.2) is 4.57 Å². The van der Waals surface area contributed by atoms with Crippen LogP contribution in [0, 0.1) is 0 Å². The van der Waals surface area contributed by atoms with Crippen LogP contribution in [0.1, 0.15) is 290 Å². The zero-order valence-corrected chi connectivity index (χ0v) is 46.4. The minimum atomic E-state index is -4.74. The molecule has 0 rings (SSSR count). The quantitative estimate of drug-likeness (QED) is 0.0197. The van der Waals surface area contributed by atoms with Gasteiger partial charge in [-0.2, -0.15) is 0 Å². The van der Waals surface area contributed by atoms with Crippen molar-refractivity contribution in [1.82, 2.24) is 0 Å². The molecule has 412 valence electrons. The van der Waals surface area contributed by atoms with Crippen molar-refractivity contribution in [2.24, 2.45) is 0 Å². The van der Waals surface area contributed by atoms with Crippen LogP contribution < -0.4 is 0 Å². The van der Waals surface area contributed by atoms with Crippen LogP contribution in [0.15, 0.2) is 24.3 Å². The van der Waals surface area contributed by atoms with Gasteiger partial charge in [0.25, 0.3) is 0 Å². The van der Waals surface area contributed by atoms with Gasteiger partial charge < -0.3 is 24.2 Å². The molecule has 0 amide bonds. The molecule has 0 spiro atoms. The van der Waals surface area contributed by atoms with E-state index in [1.54, 1.807) is 0 Å². The van der Waals surface area contributed by atoms with E-state index in [1.807, 2.05) is 0 Å². The van der Waals surface area contributed by atoms with Crippen LogP contribution in [0.2, 0.25) is 0 Å². The van der Waals surface area contributed by atoms with Crippen molar-refractivity contribution in [2.45, 2.75) is 303 Å². The number of allylic oxidation sites excluding steroid dienone is 4. The van der Waals surface area contributed by atoms with Gasteiger partial charge in [0, 0.05) is 19.3 Å². The van der Waals surface area contributed by atoms with Crippen LogP contribution in [0.3, 0.4) is 0 Å². The van der Waals surface area contributed by atoms with Gasteiger partial charge in [-0.3, -0.25) is 23.4 Å². The highest BCUT2D eigenvalue weighted by Gasteiger charge is 2.28. The molecule has 0 aromatic rings. The summed E-state index contributed by atoms with van der Waals surface area (Å²) >= 11 is 0. The van der Waals surface area contributed by atoms with E-state index in [9.17, 15) is 28.9 Å². The first-order valence-electron chi connectivity index (χ1n) is 29.2. The van der Waals surface area contributed by atoms with E-state index >= 15 is 0 Å². The van der Waals surface area contributed by atoms with E-state index in [4.69, 9.17) is 23.3 Å². The number of esters is 3. The van der Waals surface area contributed by atoms with E-state index in [1.165, 1.54) is 148 Å². The Morgan fingerprint density at radius 1 is 0.386 bits per heavy atom. The second-order valence-electron chi connectivity index (χ2n) is 19.8. The number of phosphoric ester groups is 1. The van der Waals surface area contributed by atoms with Crippen molar-refractivity contribution in [1.29, 1.82) is 0 Å². The van der Waals surface area contributed by atoms with E-state index in [2.05, 4.69) is 45.1 Å². The first-order chi connectivity index (χ1) is 34.2. The van der Waals surface area contributed by atoms with E-state index in [0.29, 0.717) is 19.3 Å². The lowest BCUT2D eigenvalue weighted by atomic mass is 10.0. The van der Waals surface area contributed by atoms with Crippen molar-refractivity contribution >= 4 is 25.7 Å². The third kappa shape index (κ3) is 50.9. The topological polar surface area (TPSA) is 155 Å². The van der Waals surface area contributed by atoms with Gasteiger partial charge in [-0.1, -0.05) is 225 Å². The Kier molecular flexibility index (Phi) is 51.7. The Hall–Kier alpha value is -2.04. The molecule has 0 aliphatic heterocycles. The molecule has 0 aliphatic rings. The molecule has 0 fully saturated rings. The van der Waals surface area contributed by atoms with Crippen molar-refractivity contribution in [3.63, 3.8) is 0 Å². The minimum Gasteiger partial charge on any atom is -0.462 e. The molecule has 0 saturated carbocycles. The lowest BCUT2D eigenvalue weighted by Crippen LogP contribution is -2.30. The molecular weight excluding hydrogens is 904 g/mol. The highest BCUT2D eigenvalue weighted by molar-refractivity contribution is 7.47. The highest BCUT2D eigenvalue weighted by Crippen LogP contribution is 2.43. The van der Waals surface area contributed by atoms with Crippen LogP contribution >= 0.6 is 7.82 Å². The minimum absolute atomic E-state index is 0.167. The lowest BCUT2D eigenvalue weighted by Gasteiger charge is -2.21. The van der Waals surface area contributed by atoms with E-state index in [0.717, 1.165) is 83.5 Å². The SMILES string of the molecule is CCCCCC/C=C\CCCCCCCC(=O)OC(CO)COP(=O)(O)OCC(COC(=O)CCCCCCCCCCCCCCC)OC(=O)CCCCCCCCC/C=C\CCCCCCCC. The largest absolute Gasteiger partial charge is 0.472 e. The molecule has 11 nitrogen and oxygen atoms in total. The molecule has 0 aliphatic carbocycles. The number of carbonyl (C=O) groups is 3. The molecule has 0 bridgehead atoms. The van der Waals surface area contributed by atoms with Crippen LogP contribution in [0.25, 0.3) is 0 Å². The van der Waals surface area contributed by atoms with Crippen molar-refractivity contribution < 1.29 is 52.2 Å². The summed E-state index contributed by atoms with van der Waals surface area (Å²) < 4.78 is 39.5. The monoisotopic (exact) mass is 1010 g/mol. The molecule has 3 atom stereocenters. The number of unbranched alkanes of at least 4 members (excludes halogenated alkanes) is 34. The lowest BCUT2D eigenvalue weighted by molar-refractivity contribution is -0.161. The van der Waals surface area contributed by atoms with Gasteiger partial charge in [0.1, 0.15) is 12.7 Å². The maximum atomic E-state index is 12.9. The van der Waals surface area contributed by atoms with Gasteiger partial charge in [-0.15, -0.1) is 0 Å². The molecule has 0 radical (unpaired) electrons. The van der Waals surface area contributed by atoms with Crippen molar-refractivity contribution in [3.05, 3.63) is 24.3 Å². The number of rotatable bonds is 55. The second-order valence-corrected chi connectivity index (χ2v) is 21.3. The number of hydrogen-bond donors (Lipinski definition) is 2. The summed E-state index contributed by atoms with van der Waals surface area (Å²) in [7, 11) is -4.74. The summed E-state index contributed by atoms with van der Waals surface area (Å²) in [4.78, 5) is 48.5.